The lowest BCUT2D eigenvalue weighted by Gasteiger charge is -2.10. The van der Waals surface area contributed by atoms with Crippen molar-refractivity contribution in [3.63, 3.8) is 0 Å². The summed E-state index contributed by atoms with van der Waals surface area (Å²) in [5.74, 6) is -0.278. The van der Waals surface area contributed by atoms with E-state index < -0.39 is 5.82 Å². The molecule has 0 atom stereocenters. The summed E-state index contributed by atoms with van der Waals surface area (Å²) in [6, 6.07) is 12.6. The van der Waals surface area contributed by atoms with Crippen LogP contribution in [0.25, 0.3) is 0 Å². The molecule has 0 aliphatic rings. The minimum Gasteiger partial charge on any atom is -0.494 e. The molecule has 24 heavy (non-hydrogen) atoms. The van der Waals surface area contributed by atoms with Crippen LogP contribution in [-0.2, 0) is 29.1 Å². The molecule has 2 aromatic rings. The van der Waals surface area contributed by atoms with Crippen LogP contribution in [0.4, 0.5) is 4.39 Å². The highest BCUT2D eigenvalue weighted by Crippen LogP contribution is 2.18. The van der Waals surface area contributed by atoms with E-state index in [1.54, 1.807) is 19.2 Å². The summed E-state index contributed by atoms with van der Waals surface area (Å²) in [4.78, 5) is 12.0. The van der Waals surface area contributed by atoms with Crippen LogP contribution in [0.1, 0.15) is 23.1 Å². The summed E-state index contributed by atoms with van der Waals surface area (Å²) in [7, 11) is 3.07. The van der Waals surface area contributed by atoms with Crippen molar-refractivity contribution in [2.24, 2.45) is 0 Å². The number of hydrogen-bond donors (Lipinski definition) is 1. The van der Waals surface area contributed by atoms with E-state index in [0.717, 1.165) is 16.7 Å². The Labute approximate surface area is 141 Å². The molecule has 1 amide bonds. The van der Waals surface area contributed by atoms with Gasteiger partial charge in [-0.3, -0.25) is 4.79 Å². The normalized spacial score (nSPS) is 10.5. The van der Waals surface area contributed by atoms with Crippen LogP contribution < -0.4 is 10.1 Å². The Hall–Kier alpha value is -2.40. The average molecular weight is 331 g/mol. The van der Waals surface area contributed by atoms with Crippen molar-refractivity contribution in [3.8, 4) is 5.75 Å². The Morgan fingerprint density at radius 2 is 1.88 bits per heavy atom. The van der Waals surface area contributed by atoms with Crippen LogP contribution in [0.15, 0.2) is 42.5 Å². The van der Waals surface area contributed by atoms with Crippen LogP contribution in [0.2, 0.25) is 0 Å². The Kier molecular flexibility index (Phi) is 6.75. The van der Waals surface area contributed by atoms with E-state index in [1.165, 1.54) is 13.2 Å². The first-order valence-corrected chi connectivity index (χ1v) is 7.79. The van der Waals surface area contributed by atoms with Crippen LogP contribution in [-0.4, -0.2) is 20.1 Å². The fourth-order valence-corrected chi connectivity index (χ4v) is 2.43. The maximum absolute atomic E-state index is 13.6. The lowest BCUT2D eigenvalue weighted by Crippen LogP contribution is -2.23. The third kappa shape index (κ3) is 5.06. The number of aryl methyl sites for hydroxylation is 1. The highest BCUT2D eigenvalue weighted by atomic mass is 19.1. The van der Waals surface area contributed by atoms with Crippen molar-refractivity contribution in [3.05, 3.63) is 65.0 Å². The van der Waals surface area contributed by atoms with Gasteiger partial charge in [-0.25, -0.2) is 4.39 Å². The molecule has 1 N–H and O–H groups in total. The van der Waals surface area contributed by atoms with Gasteiger partial charge in [0.05, 0.1) is 13.7 Å². The fraction of sp³-hybridized carbons (Fsp3) is 0.316. The van der Waals surface area contributed by atoms with Crippen LogP contribution in [0.5, 0.6) is 5.75 Å². The number of methoxy groups -OCH3 is 2. The number of nitrogens with one attached hydrogen (secondary N) is 1. The van der Waals surface area contributed by atoms with Crippen LogP contribution in [0, 0.1) is 5.82 Å². The molecule has 0 fully saturated rings. The second-order valence-corrected chi connectivity index (χ2v) is 5.45. The minimum absolute atomic E-state index is 0.0709. The van der Waals surface area contributed by atoms with Crippen LogP contribution in [0.3, 0.4) is 0 Å². The topological polar surface area (TPSA) is 47.6 Å². The Balaban J connectivity index is 1.85. The molecule has 4 nitrogen and oxygen atoms in total. The van der Waals surface area contributed by atoms with Gasteiger partial charge in [-0.05, 0) is 35.2 Å². The quantitative estimate of drug-likeness (QED) is 0.808. The van der Waals surface area contributed by atoms with Gasteiger partial charge >= 0.3 is 0 Å². The molecular weight excluding hydrogens is 309 g/mol. The van der Waals surface area contributed by atoms with Gasteiger partial charge in [-0.2, -0.15) is 0 Å². The standard InChI is InChI=1S/C19H22FNO3/c1-23-13-16-6-4-3-5-15(16)12-21-19(22)10-8-14-7-9-18(24-2)17(20)11-14/h3-7,9,11H,8,10,12-13H2,1-2H3,(H,21,22). The van der Waals surface area contributed by atoms with E-state index in [2.05, 4.69) is 5.32 Å². The second kappa shape index (κ2) is 9.03. The van der Waals surface area contributed by atoms with Gasteiger partial charge in [-0.15, -0.1) is 0 Å². The summed E-state index contributed by atoms with van der Waals surface area (Å²) < 4.78 is 23.7. The predicted octanol–water partition coefficient (Wildman–Crippen LogP) is 3.23. The number of carbonyl (C=O) groups is 1. The molecule has 0 saturated heterocycles. The van der Waals surface area contributed by atoms with Gasteiger partial charge < -0.3 is 14.8 Å². The molecule has 0 saturated carbocycles. The molecule has 0 aromatic heterocycles. The largest absolute Gasteiger partial charge is 0.494 e. The zero-order valence-electron chi connectivity index (χ0n) is 14.0. The van der Waals surface area contributed by atoms with Crippen molar-refractivity contribution in [1.82, 2.24) is 5.32 Å². The molecular formula is C19H22FNO3. The van der Waals surface area contributed by atoms with Gasteiger partial charge in [0, 0.05) is 20.1 Å². The molecule has 0 aliphatic carbocycles. The number of halogens is 1. The first-order valence-electron chi connectivity index (χ1n) is 7.79. The predicted molar refractivity (Wildman–Crippen MR) is 90.3 cm³/mol. The van der Waals surface area contributed by atoms with E-state index >= 15 is 0 Å². The molecule has 128 valence electrons. The van der Waals surface area contributed by atoms with E-state index in [9.17, 15) is 9.18 Å². The van der Waals surface area contributed by atoms with Crippen molar-refractivity contribution in [1.29, 1.82) is 0 Å². The molecule has 0 bridgehead atoms. The fourth-order valence-electron chi connectivity index (χ4n) is 2.43. The monoisotopic (exact) mass is 331 g/mol. The van der Waals surface area contributed by atoms with E-state index in [0.29, 0.717) is 26.0 Å². The lowest BCUT2D eigenvalue weighted by atomic mass is 10.1. The molecule has 0 heterocycles. The van der Waals surface area contributed by atoms with E-state index in [1.807, 2.05) is 24.3 Å². The lowest BCUT2D eigenvalue weighted by molar-refractivity contribution is -0.121. The van der Waals surface area contributed by atoms with Crippen molar-refractivity contribution in [2.75, 3.05) is 14.2 Å². The average Bonchev–Trinajstić information content (AvgIpc) is 2.59. The second-order valence-electron chi connectivity index (χ2n) is 5.45. The zero-order valence-corrected chi connectivity index (χ0v) is 14.0. The number of rotatable bonds is 8. The molecule has 0 aliphatic heterocycles. The Morgan fingerprint density at radius 3 is 2.54 bits per heavy atom. The van der Waals surface area contributed by atoms with Gasteiger partial charge in [0.2, 0.25) is 5.91 Å². The molecule has 2 aromatic carbocycles. The number of benzene rings is 2. The summed E-state index contributed by atoms with van der Waals surface area (Å²) in [6.07, 6.45) is 0.782. The van der Waals surface area contributed by atoms with Gasteiger partial charge in [0.1, 0.15) is 0 Å². The first-order chi connectivity index (χ1) is 11.6. The molecule has 0 unspecified atom stereocenters. The van der Waals surface area contributed by atoms with Crippen LogP contribution >= 0.6 is 0 Å². The third-order valence-corrected chi connectivity index (χ3v) is 3.75. The van der Waals surface area contributed by atoms with Gasteiger partial charge in [-0.1, -0.05) is 30.3 Å². The third-order valence-electron chi connectivity index (χ3n) is 3.75. The minimum atomic E-state index is -0.413. The van der Waals surface area contributed by atoms with Crippen molar-refractivity contribution >= 4 is 5.91 Å². The SMILES string of the molecule is COCc1ccccc1CNC(=O)CCc1ccc(OC)c(F)c1. The van der Waals surface area contributed by atoms with Gasteiger partial charge in [0.25, 0.3) is 0 Å². The number of hydrogen-bond acceptors (Lipinski definition) is 3. The van der Waals surface area contributed by atoms with Gasteiger partial charge in [0.15, 0.2) is 11.6 Å². The van der Waals surface area contributed by atoms with Crippen molar-refractivity contribution in [2.45, 2.75) is 26.0 Å². The Bertz CT molecular complexity index is 688. The highest BCUT2D eigenvalue weighted by molar-refractivity contribution is 5.76. The van der Waals surface area contributed by atoms with E-state index in [4.69, 9.17) is 9.47 Å². The maximum atomic E-state index is 13.6. The Morgan fingerprint density at radius 1 is 1.12 bits per heavy atom. The summed E-state index contributed by atoms with van der Waals surface area (Å²) in [6.45, 7) is 0.965. The molecule has 2 rings (SSSR count). The summed E-state index contributed by atoms with van der Waals surface area (Å²) in [5, 5.41) is 2.89. The molecule has 0 spiro atoms. The molecule has 0 radical (unpaired) electrons. The highest BCUT2D eigenvalue weighted by Gasteiger charge is 2.07. The number of ether oxygens (including phenoxy) is 2. The zero-order chi connectivity index (χ0) is 17.4. The smallest absolute Gasteiger partial charge is 0.220 e. The summed E-state index contributed by atoms with van der Waals surface area (Å²) >= 11 is 0. The first kappa shape index (κ1) is 17.9. The van der Waals surface area contributed by atoms with E-state index in [-0.39, 0.29) is 11.7 Å². The van der Waals surface area contributed by atoms with Crippen molar-refractivity contribution < 1.29 is 18.7 Å². The summed E-state index contributed by atoms with van der Waals surface area (Å²) in [5.41, 5.74) is 2.85. The number of amides is 1. The molecule has 5 heteroatoms. The number of carbonyl (C=O) groups excluding carboxylic acids is 1. The maximum Gasteiger partial charge on any atom is 0.220 e.